The zero-order valence-corrected chi connectivity index (χ0v) is 12.8. The normalized spacial score (nSPS) is 24.0. The molecule has 2 unspecified atom stereocenters. The van der Waals surface area contributed by atoms with Crippen molar-refractivity contribution in [2.75, 3.05) is 11.9 Å². The largest absolute Gasteiger partial charge is 0.377 e. The quantitative estimate of drug-likeness (QED) is 0.872. The lowest BCUT2D eigenvalue weighted by Crippen LogP contribution is -2.58. The Morgan fingerprint density at radius 1 is 1.24 bits per heavy atom. The maximum atomic E-state index is 13.7. The van der Waals surface area contributed by atoms with Gasteiger partial charge in [-0.25, -0.2) is 13.2 Å². The monoisotopic (exact) mass is 301 g/mol. The third-order valence-corrected chi connectivity index (χ3v) is 4.13. The summed E-state index contributed by atoms with van der Waals surface area (Å²) in [6, 6.07) is 1.26. The summed E-state index contributed by atoms with van der Waals surface area (Å²) in [5.41, 5.74) is -0.501. The summed E-state index contributed by atoms with van der Waals surface area (Å²) in [4.78, 5) is 0. The van der Waals surface area contributed by atoms with E-state index in [1.54, 1.807) is 0 Å². The topological polar surface area (TPSA) is 21.3 Å². The number of halogens is 3. The smallest absolute Gasteiger partial charge is 0.152 e. The molecule has 1 fully saturated rings. The lowest BCUT2D eigenvalue weighted by Gasteiger charge is -2.52. The second-order valence-electron chi connectivity index (χ2n) is 6.71. The zero-order valence-electron chi connectivity index (χ0n) is 12.8. The second-order valence-corrected chi connectivity index (χ2v) is 6.71. The Morgan fingerprint density at radius 3 is 2.29 bits per heavy atom. The Hall–Kier alpha value is -1.23. The van der Waals surface area contributed by atoms with Crippen molar-refractivity contribution in [3.8, 4) is 0 Å². The molecule has 0 aromatic heterocycles. The molecule has 1 aliphatic rings. The van der Waals surface area contributed by atoms with Gasteiger partial charge in [0.05, 0.1) is 6.10 Å². The predicted molar refractivity (Wildman–Crippen MR) is 76.7 cm³/mol. The Kier molecular flexibility index (Phi) is 4.51. The number of ether oxygens (including phenoxy) is 1. The van der Waals surface area contributed by atoms with E-state index >= 15 is 0 Å². The van der Waals surface area contributed by atoms with Crippen LogP contribution >= 0.6 is 0 Å². The van der Waals surface area contributed by atoms with Crippen LogP contribution in [0.4, 0.5) is 18.9 Å². The Balaban J connectivity index is 2.03. The lowest BCUT2D eigenvalue weighted by atomic mass is 9.64. The van der Waals surface area contributed by atoms with Crippen LogP contribution in [0, 0.1) is 28.8 Å². The predicted octanol–water partition coefficient (Wildman–Crippen LogP) is 4.36. The van der Waals surface area contributed by atoms with Gasteiger partial charge in [0, 0.05) is 30.2 Å². The summed E-state index contributed by atoms with van der Waals surface area (Å²) < 4.78 is 46.0. The summed E-state index contributed by atoms with van der Waals surface area (Å²) in [6.07, 6.45) is 0.736. The van der Waals surface area contributed by atoms with Crippen molar-refractivity contribution in [2.45, 2.75) is 46.3 Å². The molecule has 2 rings (SSSR count). The van der Waals surface area contributed by atoms with Crippen molar-refractivity contribution in [1.29, 1.82) is 0 Å². The Bertz CT molecular complexity index is 493. The lowest BCUT2D eigenvalue weighted by molar-refractivity contribution is -0.109. The second kappa shape index (κ2) is 5.87. The Labute approximate surface area is 123 Å². The molecule has 0 heterocycles. The number of anilines is 1. The van der Waals surface area contributed by atoms with Crippen molar-refractivity contribution in [3.63, 3.8) is 0 Å². The van der Waals surface area contributed by atoms with E-state index in [9.17, 15) is 13.2 Å². The summed E-state index contributed by atoms with van der Waals surface area (Å²) >= 11 is 0. The molecule has 5 heteroatoms. The number of rotatable bonds is 5. The first-order chi connectivity index (χ1) is 9.71. The first kappa shape index (κ1) is 16.1. The molecule has 1 saturated carbocycles. The average Bonchev–Trinajstić information content (AvgIpc) is 2.34. The van der Waals surface area contributed by atoms with E-state index in [1.165, 1.54) is 0 Å². The molecule has 0 spiro atoms. The van der Waals surface area contributed by atoms with E-state index in [2.05, 4.69) is 19.2 Å². The average molecular weight is 301 g/mol. The molecule has 0 amide bonds. The minimum absolute atomic E-state index is 0.0592. The molecule has 0 radical (unpaired) electrons. The maximum Gasteiger partial charge on any atom is 0.152 e. The molecular weight excluding hydrogens is 279 g/mol. The van der Waals surface area contributed by atoms with Crippen LogP contribution in [0.25, 0.3) is 0 Å². The van der Waals surface area contributed by atoms with Crippen LogP contribution in [0.15, 0.2) is 12.1 Å². The molecule has 0 bridgehead atoms. The molecule has 1 aromatic carbocycles. The van der Waals surface area contributed by atoms with Crippen LogP contribution in [-0.2, 0) is 4.74 Å². The Morgan fingerprint density at radius 2 is 1.81 bits per heavy atom. The van der Waals surface area contributed by atoms with Gasteiger partial charge in [0.1, 0.15) is 11.5 Å². The van der Waals surface area contributed by atoms with Gasteiger partial charge in [-0.3, -0.25) is 0 Å². The zero-order chi connectivity index (χ0) is 15.8. The van der Waals surface area contributed by atoms with E-state index in [4.69, 9.17) is 4.74 Å². The van der Waals surface area contributed by atoms with Gasteiger partial charge < -0.3 is 10.1 Å². The summed E-state index contributed by atoms with van der Waals surface area (Å²) in [5.74, 6) is -2.29. The highest BCUT2D eigenvalue weighted by atomic mass is 19.1. The van der Waals surface area contributed by atoms with Crippen molar-refractivity contribution in [2.24, 2.45) is 11.3 Å². The highest BCUT2D eigenvalue weighted by Gasteiger charge is 2.49. The molecule has 0 saturated heterocycles. The van der Waals surface area contributed by atoms with E-state index in [0.717, 1.165) is 0 Å². The van der Waals surface area contributed by atoms with Gasteiger partial charge in [-0.1, -0.05) is 27.7 Å². The molecular formula is C16H22F3NO. The summed E-state index contributed by atoms with van der Waals surface area (Å²) in [5, 5.41) is 2.85. The van der Waals surface area contributed by atoms with E-state index in [-0.39, 0.29) is 23.2 Å². The van der Waals surface area contributed by atoms with Gasteiger partial charge in [-0.2, -0.15) is 0 Å². The minimum Gasteiger partial charge on any atom is -0.377 e. The maximum absolute atomic E-state index is 13.7. The van der Waals surface area contributed by atoms with Crippen LogP contribution in [0.5, 0.6) is 0 Å². The van der Waals surface area contributed by atoms with Crippen molar-refractivity contribution >= 4 is 5.69 Å². The van der Waals surface area contributed by atoms with Crippen LogP contribution < -0.4 is 5.32 Å². The number of hydrogen-bond donors (Lipinski definition) is 1. The summed E-state index contributed by atoms with van der Waals surface area (Å²) in [7, 11) is 0. The molecule has 1 aliphatic carbocycles. The van der Waals surface area contributed by atoms with Crippen LogP contribution in [-0.4, -0.2) is 18.8 Å². The number of hydrogen-bond acceptors (Lipinski definition) is 2. The number of nitrogens with one attached hydrogen (secondary N) is 1. The molecule has 118 valence electrons. The van der Waals surface area contributed by atoms with E-state index in [1.807, 2.05) is 13.8 Å². The highest BCUT2D eigenvalue weighted by Crippen LogP contribution is 2.45. The van der Waals surface area contributed by atoms with Gasteiger partial charge in [0.15, 0.2) is 11.6 Å². The fourth-order valence-electron chi connectivity index (χ4n) is 2.58. The first-order valence-electron chi connectivity index (χ1n) is 7.24. The van der Waals surface area contributed by atoms with Crippen molar-refractivity contribution in [1.82, 2.24) is 0 Å². The number of benzene rings is 1. The van der Waals surface area contributed by atoms with Crippen molar-refractivity contribution in [3.05, 3.63) is 29.6 Å². The van der Waals surface area contributed by atoms with Crippen LogP contribution in [0.1, 0.15) is 34.1 Å². The third kappa shape index (κ3) is 3.34. The van der Waals surface area contributed by atoms with Crippen molar-refractivity contribution < 1.29 is 17.9 Å². The third-order valence-electron chi connectivity index (χ3n) is 4.13. The van der Waals surface area contributed by atoms with Gasteiger partial charge in [0.2, 0.25) is 0 Å². The SMILES string of the molecule is CC(C)COC1CC(Nc2c(F)cc(F)cc2F)C1(C)C. The molecule has 0 aliphatic heterocycles. The molecule has 2 nitrogen and oxygen atoms in total. The van der Waals surface area contributed by atoms with Crippen LogP contribution in [0.3, 0.4) is 0 Å². The summed E-state index contributed by atoms with van der Waals surface area (Å²) in [6.45, 7) is 8.81. The van der Waals surface area contributed by atoms with Gasteiger partial charge in [0.25, 0.3) is 0 Å². The fourth-order valence-corrected chi connectivity index (χ4v) is 2.58. The van der Waals surface area contributed by atoms with Gasteiger partial charge in [-0.15, -0.1) is 0 Å². The minimum atomic E-state index is -0.915. The fraction of sp³-hybridized carbons (Fsp3) is 0.625. The van der Waals surface area contributed by atoms with E-state index < -0.39 is 17.5 Å². The van der Waals surface area contributed by atoms with E-state index in [0.29, 0.717) is 31.1 Å². The molecule has 21 heavy (non-hydrogen) atoms. The van der Waals surface area contributed by atoms with Gasteiger partial charge in [-0.05, 0) is 12.3 Å². The van der Waals surface area contributed by atoms with Gasteiger partial charge >= 0.3 is 0 Å². The van der Waals surface area contributed by atoms with Crippen LogP contribution in [0.2, 0.25) is 0 Å². The molecule has 1 N–H and O–H groups in total. The standard InChI is InChI=1S/C16H22F3NO/c1-9(2)8-21-14-7-13(16(14,3)4)20-15-11(18)5-10(17)6-12(15)19/h5-6,9,13-14,20H,7-8H2,1-4H3. The molecule has 1 aromatic rings. The highest BCUT2D eigenvalue weighted by molar-refractivity contribution is 5.48. The molecule has 2 atom stereocenters. The first-order valence-corrected chi connectivity index (χ1v) is 7.24.